The van der Waals surface area contributed by atoms with Gasteiger partial charge in [-0.05, 0) is 43.6 Å². The fourth-order valence-electron chi connectivity index (χ4n) is 3.57. The Hall–Kier alpha value is -1.20. The van der Waals surface area contributed by atoms with E-state index in [0.717, 1.165) is 26.3 Å². The van der Waals surface area contributed by atoms with Crippen molar-refractivity contribution in [3.63, 3.8) is 0 Å². The van der Waals surface area contributed by atoms with Gasteiger partial charge in [0.2, 0.25) is 0 Å². The zero-order valence-electron chi connectivity index (χ0n) is 13.5. The highest BCUT2D eigenvalue weighted by Gasteiger charge is 2.44. The van der Waals surface area contributed by atoms with Gasteiger partial charge in [-0.3, -0.25) is 4.90 Å². The maximum atomic E-state index is 5.54. The van der Waals surface area contributed by atoms with Crippen molar-refractivity contribution in [1.29, 1.82) is 0 Å². The minimum atomic E-state index is 0.260. The van der Waals surface area contributed by atoms with Gasteiger partial charge in [0.05, 0.1) is 18.8 Å². The molecule has 0 amide bonds. The van der Waals surface area contributed by atoms with Crippen LogP contribution in [0.1, 0.15) is 17.7 Å². The Kier molecular flexibility index (Phi) is 4.49. The number of hydrogen-bond donors (Lipinski definition) is 1. The lowest BCUT2D eigenvalue weighted by molar-refractivity contribution is -0.131. The number of likely N-dealkylation sites (tertiary alicyclic amines) is 1. The second kappa shape index (κ2) is 6.73. The molecule has 23 heavy (non-hydrogen) atoms. The number of hydrogen-bond acceptors (Lipinski definition) is 4. The van der Waals surface area contributed by atoms with Crippen molar-refractivity contribution in [3.05, 3.63) is 47.3 Å². The Morgan fingerprint density at radius 1 is 1.04 bits per heavy atom. The molecule has 0 atom stereocenters. The lowest BCUT2D eigenvalue weighted by atomic mass is 9.95. The van der Waals surface area contributed by atoms with Crippen LogP contribution in [0.4, 0.5) is 0 Å². The molecule has 1 N–H and O–H groups in total. The molecule has 2 aliphatic heterocycles. The van der Waals surface area contributed by atoms with Gasteiger partial charge in [0.15, 0.2) is 0 Å². The van der Waals surface area contributed by atoms with Gasteiger partial charge >= 0.3 is 0 Å². The van der Waals surface area contributed by atoms with Crippen molar-refractivity contribution in [3.8, 4) is 10.4 Å². The molecular weight excluding hydrogens is 304 g/mol. The van der Waals surface area contributed by atoms with Gasteiger partial charge in [0, 0.05) is 22.8 Å². The Bertz CT molecular complexity index is 630. The van der Waals surface area contributed by atoms with E-state index in [9.17, 15) is 0 Å². The van der Waals surface area contributed by atoms with E-state index in [1.807, 2.05) is 11.3 Å². The van der Waals surface area contributed by atoms with Gasteiger partial charge in [0.25, 0.3) is 0 Å². The van der Waals surface area contributed by atoms with Crippen LogP contribution in [0.5, 0.6) is 0 Å². The third-order valence-electron chi connectivity index (χ3n) is 4.99. The third kappa shape index (κ3) is 3.22. The van der Waals surface area contributed by atoms with Gasteiger partial charge in [0.1, 0.15) is 0 Å². The molecule has 2 fully saturated rings. The quantitative estimate of drug-likeness (QED) is 0.880. The summed E-state index contributed by atoms with van der Waals surface area (Å²) in [6.07, 6.45) is 2.68. The summed E-state index contributed by atoms with van der Waals surface area (Å²) < 4.78 is 5.54. The molecule has 4 heteroatoms. The molecule has 1 aromatic heterocycles. The smallest absolute Gasteiger partial charge is 0.0804 e. The fourth-order valence-corrected chi connectivity index (χ4v) is 4.56. The number of nitrogens with zero attached hydrogens (tertiary/aromatic N) is 1. The van der Waals surface area contributed by atoms with Crippen LogP contribution >= 0.6 is 11.3 Å². The molecule has 2 aliphatic rings. The van der Waals surface area contributed by atoms with Gasteiger partial charge in [-0.15, -0.1) is 11.3 Å². The highest BCUT2D eigenvalue weighted by atomic mass is 32.1. The topological polar surface area (TPSA) is 24.5 Å². The summed E-state index contributed by atoms with van der Waals surface area (Å²) in [6.45, 7) is 6.24. The van der Waals surface area contributed by atoms with Crippen LogP contribution in [0.3, 0.4) is 0 Å². The molecular formula is C19H24N2OS. The second-order valence-electron chi connectivity index (χ2n) is 6.65. The molecule has 2 saturated heterocycles. The first-order valence-electron chi connectivity index (χ1n) is 8.53. The zero-order valence-corrected chi connectivity index (χ0v) is 14.3. The number of ether oxygens (including phenoxy) is 1. The van der Waals surface area contributed by atoms with Crippen LogP contribution in [-0.2, 0) is 11.3 Å². The van der Waals surface area contributed by atoms with Crippen LogP contribution in [0, 0.1) is 0 Å². The summed E-state index contributed by atoms with van der Waals surface area (Å²) in [5.41, 5.74) is 1.57. The molecule has 0 unspecified atom stereocenters. The normalized spacial score (nSPS) is 20.5. The number of rotatable bonds is 6. The largest absolute Gasteiger partial charge is 0.377 e. The fraction of sp³-hybridized carbons (Fsp3) is 0.474. The molecule has 122 valence electrons. The lowest BCUT2D eigenvalue weighted by Crippen LogP contribution is -2.66. The standard InChI is InChI=1S/C19H24N2OS/c1-2-6-16(7-3-1)18-9-8-17(23-18)12-20-13-19(14-22-15-19)21-10-4-5-11-21/h1-3,6-9,20H,4-5,10-15H2. The highest BCUT2D eigenvalue weighted by Crippen LogP contribution is 2.30. The van der Waals surface area contributed by atoms with Crippen molar-refractivity contribution in [2.45, 2.75) is 24.9 Å². The molecule has 2 aromatic rings. The lowest BCUT2D eigenvalue weighted by Gasteiger charge is -2.48. The molecule has 4 rings (SSSR count). The SMILES string of the molecule is c1ccc(-c2ccc(CNCC3(N4CCCC4)COC3)s2)cc1. The van der Waals surface area contributed by atoms with E-state index in [1.165, 1.54) is 41.2 Å². The predicted molar refractivity (Wildman–Crippen MR) is 95.8 cm³/mol. The molecule has 0 bridgehead atoms. The Morgan fingerprint density at radius 2 is 1.83 bits per heavy atom. The van der Waals surface area contributed by atoms with E-state index in [-0.39, 0.29) is 5.54 Å². The molecule has 3 heterocycles. The van der Waals surface area contributed by atoms with Crippen LogP contribution in [0.2, 0.25) is 0 Å². The minimum Gasteiger partial charge on any atom is -0.377 e. The number of nitrogens with one attached hydrogen (secondary N) is 1. The highest BCUT2D eigenvalue weighted by molar-refractivity contribution is 7.15. The molecule has 0 aliphatic carbocycles. The Morgan fingerprint density at radius 3 is 2.52 bits per heavy atom. The van der Waals surface area contributed by atoms with Crippen LogP contribution in [-0.4, -0.2) is 43.3 Å². The third-order valence-corrected chi connectivity index (χ3v) is 6.13. The van der Waals surface area contributed by atoms with Gasteiger partial charge in [-0.1, -0.05) is 30.3 Å². The molecule has 1 aromatic carbocycles. The van der Waals surface area contributed by atoms with E-state index in [4.69, 9.17) is 4.74 Å². The van der Waals surface area contributed by atoms with Crippen LogP contribution in [0.25, 0.3) is 10.4 Å². The van der Waals surface area contributed by atoms with E-state index >= 15 is 0 Å². The molecule has 0 spiro atoms. The van der Waals surface area contributed by atoms with Gasteiger partial charge in [-0.2, -0.15) is 0 Å². The number of thiophene rings is 1. The average molecular weight is 328 g/mol. The summed E-state index contributed by atoms with van der Waals surface area (Å²) in [4.78, 5) is 5.39. The summed E-state index contributed by atoms with van der Waals surface area (Å²) >= 11 is 1.89. The van der Waals surface area contributed by atoms with E-state index in [0.29, 0.717) is 0 Å². The zero-order chi connectivity index (χ0) is 15.5. The van der Waals surface area contributed by atoms with Crippen molar-refractivity contribution in [2.75, 3.05) is 32.8 Å². The average Bonchev–Trinajstić information content (AvgIpc) is 3.23. The summed E-state index contributed by atoms with van der Waals surface area (Å²) in [5.74, 6) is 0. The summed E-state index contributed by atoms with van der Waals surface area (Å²) in [6, 6.07) is 15.1. The van der Waals surface area contributed by atoms with E-state index in [1.54, 1.807) is 0 Å². The van der Waals surface area contributed by atoms with Crippen molar-refractivity contribution < 1.29 is 4.74 Å². The van der Waals surface area contributed by atoms with E-state index in [2.05, 4.69) is 52.7 Å². The minimum absolute atomic E-state index is 0.260. The first kappa shape index (κ1) is 15.3. The second-order valence-corrected chi connectivity index (χ2v) is 7.82. The van der Waals surface area contributed by atoms with Crippen molar-refractivity contribution in [1.82, 2.24) is 10.2 Å². The maximum absolute atomic E-state index is 5.54. The summed E-state index contributed by atoms with van der Waals surface area (Å²) in [5, 5.41) is 3.67. The Balaban J connectivity index is 1.34. The van der Waals surface area contributed by atoms with Gasteiger partial charge in [-0.25, -0.2) is 0 Å². The Labute approximate surface area is 142 Å². The van der Waals surface area contributed by atoms with E-state index < -0.39 is 0 Å². The molecule has 0 radical (unpaired) electrons. The first-order valence-corrected chi connectivity index (χ1v) is 9.35. The summed E-state index contributed by atoms with van der Waals surface area (Å²) in [7, 11) is 0. The van der Waals surface area contributed by atoms with Crippen molar-refractivity contribution >= 4 is 11.3 Å². The first-order chi connectivity index (χ1) is 11.4. The predicted octanol–water partition coefficient (Wildman–Crippen LogP) is 3.37. The van der Waals surface area contributed by atoms with Crippen LogP contribution in [0.15, 0.2) is 42.5 Å². The monoisotopic (exact) mass is 328 g/mol. The number of benzene rings is 1. The molecule has 3 nitrogen and oxygen atoms in total. The van der Waals surface area contributed by atoms with Crippen molar-refractivity contribution in [2.24, 2.45) is 0 Å². The maximum Gasteiger partial charge on any atom is 0.0804 e. The van der Waals surface area contributed by atoms with Crippen LogP contribution < -0.4 is 5.32 Å². The van der Waals surface area contributed by atoms with Gasteiger partial charge < -0.3 is 10.1 Å². The molecule has 0 saturated carbocycles.